The molecule has 0 aliphatic heterocycles. The Bertz CT molecular complexity index is 651. The van der Waals surface area contributed by atoms with Crippen molar-refractivity contribution in [1.82, 2.24) is 0 Å². The first-order valence-electron chi connectivity index (χ1n) is 12.2. The van der Waals surface area contributed by atoms with E-state index in [0.717, 1.165) is 38.5 Å². The molecule has 3 N–H and O–H groups in total. The molecule has 0 heterocycles. The van der Waals surface area contributed by atoms with Crippen LogP contribution in [0, 0.1) is 46.3 Å². The Labute approximate surface area is 181 Å². The zero-order chi connectivity index (χ0) is 21.8. The standard InChI is InChI=1S/C25H42O5/c1-14(5-8-20(27)30-4)16-6-7-17-21-18(10-12-24(16,17)2)25(3)11-9-15(26)13-19(25)22(28)23(21)29/h14-19,21-23,26,28-29H,5-13H2,1-4H3/t14-,15-,16-,17+,18+,19+,21+,22-,23+,24-,25-/m1/s1. The van der Waals surface area contributed by atoms with E-state index in [0.29, 0.717) is 36.5 Å². The maximum absolute atomic E-state index is 11.7. The molecule has 4 fully saturated rings. The number of aliphatic hydroxyl groups is 3. The lowest BCUT2D eigenvalue weighted by Gasteiger charge is -2.63. The second-order valence-corrected chi connectivity index (χ2v) is 11.6. The number of carbonyl (C=O) groups is 1. The van der Waals surface area contributed by atoms with Crippen molar-refractivity contribution < 1.29 is 24.9 Å². The van der Waals surface area contributed by atoms with Gasteiger partial charge in [0.1, 0.15) is 0 Å². The van der Waals surface area contributed by atoms with E-state index in [1.54, 1.807) is 0 Å². The van der Waals surface area contributed by atoms with Crippen LogP contribution >= 0.6 is 0 Å². The van der Waals surface area contributed by atoms with E-state index >= 15 is 0 Å². The van der Waals surface area contributed by atoms with Crippen LogP contribution in [0.4, 0.5) is 0 Å². The fraction of sp³-hybridized carbons (Fsp3) is 0.960. The number of hydrogen-bond donors (Lipinski definition) is 3. The van der Waals surface area contributed by atoms with Crippen LogP contribution in [0.5, 0.6) is 0 Å². The maximum atomic E-state index is 11.7. The van der Waals surface area contributed by atoms with E-state index in [2.05, 4.69) is 20.8 Å². The van der Waals surface area contributed by atoms with E-state index in [1.165, 1.54) is 13.5 Å². The average molecular weight is 423 g/mol. The first kappa shape index (κ1) is 22.5. The first-order chi connectivity index (χ1) is 14.1. The molecule has 11 atom stereocenters. The van der Waals surface area contributed by atoms with Gasteiger partial charge in [0.2, 0.25) is 0 Å². The van der Waals surface area contributed by atoms with Gasteiger partial charge in [-0.05, 0) is 97.7 Å². The molecule has 0 unspecified atom stereocenters. The Morgan fingerprint density at radius 1 is 0.967 bits per heavy atom. The Hall–Kier alpha value is -0.650. The van der Waals surface area contributed by atoms with Crippen molar-refractivity contribution in [3.05, 3.63) is 0 Å². The van der Waals surface area contributed by atoms with Crippen LogP contribution < -0.4 is 0 Å². The molecule has 172 valence electrons. The van der Waals surface area contributed by atoms with Gasteiger partial charge in [-0.15, -0.1) is 0 Å². The zero-order valence-electron chi connectivity index (χ0n) is 19.2. The molecule has 0 aromatic rings. The molecule has 0 aromatic carbocycles. The highest BCUT2D eigenvalue weighted by Crippen LogP contribution is 2.68. The van der Waals surface area contributed by atoms with Gasteiger partial charge in [0.15, 0.2) is 0 Å². The molecule has 0 amide bonds. The minimum atomic E-state index is -0.732. The van der Waals surface area contributed by atoms with E-state index < -0.39 is 12.2 Å². The van der Waals surface area contributed by atoms with E-state index in [4.69, 9.17) is 4.74 Å². The van der Waals surface area contributed by atoms with E-state index in [9.17, 15) is 20.1 Å². The lowest BCUT2D eigenvalue weighted by atomic mass is 9.43. The van der Waals surface area contributed by atoms with Crippen molar-refractivity contribution in [3.8, 4) is 0 Å². The number of hydrogen-bond acceptors (Lipinski definition) is 5. The Kier molecular flexibility index (Phi) is 6.04. The third kappa shape index (κ3) is 3.34. The quantitative estimate of drug-likeness (QED) is 0.603. The third-order valence-electron chi connectivity index (χ3n) is 10.5. The summed E-state index contributed by atoms with van der Waals surface area (Å²) in [5.74, 6) is 1.87. The molecule has 4 rings (SSSR count). The third-order valence-corrected chi connectivity index (χ3v) is 10.5. The molecule has 0 spiro atoms. The Morgan fingerprint density at radius 3 is 2.33 bits per heavy atom. The fourth-order valence-corrected chi connectivity index (χ4v) is 8.86. The smallest absolute Gasteiger partial charge is 0.305 e. The number of ether oxygens (including phenoxy) is 1. The van der Waals surface area contributed by atoms with Gasteiger partial charge in [-0.25, -0.2) is 0 Å². The zero-order valence-corrected chi connectivity index (χ0v) is 19.2. The van der Waals surface area contributed by atoms with Crippen molar-refractivity contribution in [2.24, 2.45) is 46.3 Å². The molecule has 5 heteroatoms. The summed E-state index contributed by atoms with van der Waals surface area (Å²) in [6.45, 7) is 7.02. The molecule has 30 heavy (non-hydrogen) atoms. The molecule has 0 saturated heterocycles. The largest absolute Gasteiger partial charge is 0.469 e. The predicted molar refractivity (Wildman–Crippen MR) is 114 cm³/mol. The molecule has 4 aliphatic rings. The molecular formula is C25H42O5. The van der Waals surface area contributed by atoms with Crippen molar-refractivity contribution in [3.63, 3.8) is 0 Å². The van der Waals surface area contributed by atoms with Gasteiger partial charge in [0.05, 0.1) is 25.4 Å². The second kappa shape index (κ2) is 8.04. The summed E-state index contributed by atoms with van der Waals surface area (Å²) in [6, 6.07) is 0. The lowest BCUT2D eigenvalue weighted by molar-refractivity contribution is -0.223. The summed E-state index contributed by atoms with van der Waals surface area (Å²) in [4.78, 5) is 11.7. The first-order valence-corrected chi connectivity index (χ1v) is 12.2. The molecule has 4 saturated carbocycles. The second-order valence-electron chi connectivity index (χ2n) is 11.6. The van der Waals surface area contributed by atoms with Gasteiger partial charge < -0.3 is 20.1 Å². The highest BCUT2D eigenvalue weighted by Gasteiger charge is 2.65. The molecule has 0 radical (unpaired) electrons. The monoisotopic (exact) mass is 422 g/mol. The van der Waals surface area contributed by atoms with Gasteiger partial charge in [0, 0.05) is 6.42 Å². The number of carbonyl (C=O) groups excluding carboxylic acids is 1. The maximum Gasteiger partial charge on any atom is 0.305 e. The van der Waals surface area contributed by atoms with Crippen molar-refractivity contribution in [2.75, 3.05) is 7.11 Å². The van der Waals surface area contributed by atoms with E-state index in [-0.39, 0.29) is 34.7 Å². The van der Waals surface area contributed by atoms with Crippen LogP contribution in [-0.2, 0) is 9.53 Å². The van der Waals surface area contributed by atoms with Crippen LogP contribution in [0.25, 0.3) is 0 Å². The average Bonchev–Trinajstić information content (AvgIpc) is 3.08. The van der Waals surface area contributed by atoms with Crippen molar-refractivity contribution in [2.45, 2.75) is 96.9 Å². The van der Waals surface area contributed by atoms with Crippen LogP contribution in [-0.4, -0.2) is 46.7 Å². The lowest BCUT2D eigenvalue weighted by Crippen LogP contribution is -2.64. The van der Waals surface area contributed by atoms with Crippen LogP contribution in [0.3, 0.4) is 0 Å². The minimum Gasteiger partial charge on any atom is -0.469 e. The molecular weight excluding hydrogens is 380 g/mol. The molecule has 4 aliphatic carbocycles. The summed E-state index contributed by atoms with van der Waals surface area (Å²) in [6.07, 6.45) is 6.48. The fourth-order valence-electron chi connectivity index (χ4n) is 8.86. The van der Waals surface area contributed by atoms with Crippen molar-refractivity contribution in [1.29, 1.82) is 0 Å². The molecule has 5 nitrogen and oxygen atoms in total. The number of esters is 1. The molecule has 0 aromatic heterocycles. The van der Waals surface area contributed by atoms with Gasteiger partial charge in [-0.1, -0.05) is 20.8 Å². The number of fused-ring (bicyclic) bond motifs is 5. The van der Waals surface area contributed by atoms with Crippen molar-refractivity contribution >= 4 is 5.97 Å². The summed E-state index contributed by atoms with van der Waals surface area (Å²) in [7, 11) is 1.45. The Balaban J connectivity index is 1.56. The minimum absolute atomic E-state index is 0.00182. The van der Waals surface area contributed by atoms with Crippen LogP contribution in [0.1, 0.15) is 78.6 Å². The normalized spacial score (nSPS) is 51.4. The van der Waals surface area contributed by atoms with E-state index in [1.807, 2.05) is 0 Å². The number of aliphatic hydroxyl groups excluding tert-OH is 3. The van der Waals surface area contributed by atoms with Crippen LogP contribution in [0.15, 0.2) is 0 Å². The van der Waals surface area contributed by atoms with Gasteiger partial charge in [-0.2, -0.15) is 0 Å². The van der Waals surface area contributed by atoms with Gasteiger partial charge >= 0.3 is 5.97 Å². The molecule has 0 bridgehead atoms. The van der Waals surface area contributed by atoms with Gasteiger partial charge in [-0.3, -0.25) is 4.79 Å². The topological polar surface area (TPSA) is 87.0 Å². The van der Waals surface area contributed by atoms with Gasteiger partial charge in [0.25, 0.3) is 0 Å². The Morgan fingerprint density at radius 2 is 1.63 bits per heavy atom. The predicted octanol–water partition coefficient (Wildman–Crippen LogP) is 3.54. The summed E-state index contributed by atoms with van der Waals surface area (Å²) < 4.78 is 4.84. The summed E-state index contributed by atoms with van der Waals surface area (Å²) in [5, 5.41) is 32.7. The summed E-state index contributed by atoms with van der Waals surface area (Å²) in [5.41, 5.74) is 0.174. The number of methoxy groups -OCH3 is 1. The summed E-state index contributed by atoms with van der Waals surface area (Å²) >= 11 is 0. The SMILES string of the molecule is COC(=O)CC[C@@H](C)[C@H]1CC[C@H]2[C@@H]3[C@H](O)[C@H](O)[C@@H]4C[C@H](O)CC[C@]4(C)[C@H]3CC[C@]12C. The van der Waals surface area contributed by atoms with Crippen LogP contribution in [0.2, 0.25) is 0 Å². The highest BCUT2D eigenvalue weighted by molar-refractivity contribution is 5.69. The highest BCUT2D eigenvalue weighted by atomic mass is 16.5. The number of rotatable bonds is 4.